The van der Waals surface area contributed by atoms with Crippen LogP contribution in [-0.2, 0) is 6.54 Å². The van der Waals surface area contributed by atoms with Crippen LogP contribution in [-0.4, -0.2) is 19.3 Å². The first-order valence-corrected chi connectivity index (χ1v) is 5.82. The van der Waals surface area contributed by atoms with Gasteiger partial charge in [-0.3, -0.25) is 0 Å². The summed E-state index contributed by atoms with van der Waals surface area (Å²) >= 11 is 0. The van der Waals surface area contributed by atoms with Crippen molar-refractivity contribution in [3.63, 3.8) is 0 Å². The molecule has 94 valence electrons. The third-order valence-electron chi connectivity index (χ3n) is 2.85. The topological polar surface area (TPSA) is 32.7 Å². The molecule has 3 nitrogen and oxygen atoms in total. The number of nitrogens with zero attached hydrogens (tertiary/aromatic N) is 1. The maximum Gasteiger partial charge on any atom is 0.120 e. The molecule has 0 spiro atoms. The van der Waals surface area contributed by atoms with Crippen LogP contribution in [0.15, 0.2) is 48.5 Å². The molecule has 0 heterocycles. The molecule has 2 aromatic rings. The van der Waals surface area contributed by atoms with Crippen molar-refractivity contribution in [3.05, 3.63) is 54.1 Å². The molecule has 1 N–H and O–H groups in total. The minimum Gasteiger partial charge on any atom is -0.508 e. The molecule has 0 amide bonds. The summed E-state index contributed by atoms with van der Waals surface area (Å²) in [5.41, 5.74) is 2.25. The van der Waals surface area contributed by atoms with E-state index in [0.717, 1.165) is 23.5 Å². The monoisotopic (exact) mass is 243 g/mol. The summed E-state index contributed by atoms with van der Waals surface area (Å²) in [6.07, 6.45) is 0. The van der Waals surface area contributed by atoms with Gasteiger partial charge in [-0.15, -0.1) is 0 Å². The summed E-state index contributed by atoms with van der Waals surface area (Å²) in [5, 5.41) is 9.25. The number of phenols is 1. The normalized spacial score (nSPS) is 10.1. The third kappa shape index (κ3) is 2.94. The van der Waals surface area contributed by atoms with Gasteiger partial charge in [-0.05, 0) is 29.8 Å². The lowest BCUT2D eigenvalue weighted by Crippen LogP contribution is -2.16. The van der Waals surface area contributed by atoms with Crippen LogP contribution in [0.4, 0.5) is 5.69 Å². The zero-order chi connectivity index (χ0) is 13.0. The molecule has 0 bridgehead atoms. The van der Waals surface area contributed by atoms with Gasteiger partial charge in [0.1, 0.15) is 11.5 Å². The van der Waals surface area contributed by atoms with Gasteiger partial charge in [0, 0.05) is 25.3 Å². The minimum atomic E-state index is 0.294. The van der Waals surface area contributed by atoms with Gasteiger partial charge in [0.25, 0.3) is 0 Å². The van der Waals surface area contributed by atoms with Crippen LogP contribution >= 0.6 is 0 Å². The van der Waals surface area contributed by atoms with E-state index >= 15 is 0 Å². The zero-order valence-electron chi connectivity index (χ0n) is 10.6. The fourth-order valence-corrected chi connectivity index (χ4v) is 1.81. The number of ether oxygens (including phenoxy) is 1. The summed E-state index contributed by atoms with van der Waals surface area (Å²) in [7, 11) is 3.70. The van der Waals surface area contributed by atoms with Crippen molar-refractivity contribution >= 4 is 5.69 Å². The second-order valence-corrected chi connectivity index (χ2v) is 4.22. The van der Waals surface area contributed by atoms with Crippen LogP contribution < -0.4 is 9.64 Å². The fourth-order valence-electron chi connectivity index (χ4n) is 1.81. The first kappa shape index (κ1) is 12.3. The first-order valence-electron chi connectivity index (χ1n) is 5.82. The molecule has 18 heavy (non-hydrogen) atoms. The average Bonchev–Trinajstić information content (AvgIpc) is 2.41. The van der Waals surface area contributed by atoms with Crippen LogP contribution in [0.1, 0.15) is 5.56 Å². The van der Waals surface area contributed by atoms with Gasteiger partial charge < -0.3 is 14.7 Å². The molecule has 2 aromatic carbocycles. The molecule has 0 atom stereocenters. The molecule has 2 rings (SSSR count). The highest BCUT2D eigenvalue weighted by molar-refractivity contribution is 5.50. The Morgan fingerprint density at radius 3 is 2.50 bits per heavy atom. The van der Waals surface area contributed by atoms with Crippen LogP contribution in [0.5, 0.6) is 11.5 Å². The van der Waals surface area contributed by atoms with Crippen LogP contribution in [0.2, 0.25) is 0 Å². The highest BCUT2D eigenvalue weighted by atomic mass is 16.5. The van der Waals surface area contributed by atoms with E-state index in [9.17, 15) is 5.11 Å². The van der Waals surface area contributed by atoms with Crippen LogP contribution in [0, 0.1) is 0 Å². The minimum absolute atomic E-state index is 0.294. The molecule has 3 heteroatoms. The number of aromatic hydroxyl groups is 1. The van der Waals surface area contributed by atoms with Gasteiger partial charge in [0.15, 0.2) is 0 Å². The number of methoxy groups -OCH3 is 1. The van der Waals surface area contributed by atoms with Gasteiger partial charge in [0.05, 0.1) is 7.11 Å². The molecule has 0 aliphatic heterocycles. The van der Waals surface area contributed by atoms with E-state index in [1.807, 2.05) is 43.4 Å². The highest BCUT2D eigenvalue weighted by Crippen LogP contribution is 2.21. The Morgan fingerprint density at radius 2 is 1.83 bits per heavy atom. The maximum atomic E-state index is 9.25. The molecule has 0 unspecified atom stereocenters. The second-order valence-electron chi connectivity index (χ2n) is 4.22. The highest BCUT2D eigenvalue weighted by Gasteiger charge is 2.03. The first-order chi connectivity index (χ1) is 8.69. The predicted molar refractivity (Wildman–Crippen MR) is 73.2 cm³/mol. The van der Waals surface area contributed by atoms with E-state index in [0.29, 0.717) is 5.75 Å². The SMILES string of the molecule is COc1cccc(N(C)Cc2ccc(O)cc2)c1. The van der Waals surface area contributed by atoms with Gasteiger partial charge in [-0.25, -0.2) is 0 Å². The number of anilines is 1. The Bertz CT molecular complexity index is 508. The smallest absolute Gasteiger partial charge is 0.120 e. The third-order valence-corrected chi connectivity index (χ3v) is 2.85. The van der Waals surface area contributed by atoms with Crippen molar-refractivity contribution in [2.24, 2.45) is 0 Å². The lowest BCUT2D eigenvalue weighted by atomic mass is 10.2. The van der Waals surface area contributed by atoms with E-state index in [2.05, 4.69) is 4.90 Å². The van der Waals surface area contributed by atoms with Crippen LogP contribution in [0.3, 0.4) is 0 Å². The maximum absolute atomic E-state index is 9.25. The quantitative estimate of drug-likeness (QED) is 0.896. The molecule has 0 aliphatic rings. The number of phenolic OH excluding ortho intramolecular Hbond substituents is 1. The van der Waals surface area contributed by atoms with Crippen LogP contribution in [0.25, 0.3) is 0 Å². The van der Waals surface area contributed by atoms with Gasteiger partial charge >= 0.3 is 0 Å². The Hall–Kier alpha value is -2.16. The van der Waals surface area contributed by atoms with E-state index in [4.69, 9.17) is 4.74 Å². The van der Waals surface area contributed by atoms with E-state index < -0.39 is 0 Å². The number of rotatable bonds is 4. The lowest BCUT2D eigenvalue weighted by Gasteiger charge is -2.20. The van der Waals surface area contributed by atoms with Crippen molar-refractivity contribution in [1.29, 1.82) is 0 Å². The standard InChI is InChI=1S/C15H17NO2/c1-16(11-12-6-8-14(17)9-7-12)13-4-3-5-15(10-13)18-2/h3-10,17H,11H2,1-2H3. The van der Waals surface area contributed by atoms with Gasteiger partial charge in [-0.2, -0.15) is 0 Å². The summed E-state index contributed by atoms with van der Waals surface area (Å²) in [6, 6.07) is 15.2. The Kier molecular flexibility index (Phi) is 3.72. The number of hydrogen-bond acceptors (Lipinski definition) is 3. The predicted octanol–water partition coefficient (Wildman–Crippen LogP) is 3.04. The van der Waals surface area contributed by atoms with Crippen molar-refractivity contribution in [2.75, 3.05) is 19.1 Å². The molecule has 0 fully saturated rings. The molecular weight excluding hydrogens is 226 g/mol. The van der Waals surface area contributed by atoms with Crippen molar-refractivity contribution in [3.8, 4) is 11.5 Å². The Morgan fingerprint density at radius 1 is 1.11 bits per heavy atom. The van der Waals surface area contributed by atoms with Gasteiger partial charge in [0.2, 0.25) is 0 Å². The van der Waals surface area contributed by atoms with E-state index in [-0.39, 0.29) is 0 Å². The summed E-state index contributed by atoms with van der Waals surface area (Å²) in [5.74, 6) is 1.15. The summed E-state index contributed by atoms with van der Waals surface area (Å²) < 4.78 is 5.21. The Labute approximate surface area is 107 Å². The molecular formula is C15H17NO2. The van der Waals surface area contributed by atoms with Crippen molar-refractivity contribution in [2.45, 2.75) is 6.54 Å². The Balaban J connectivity index is 2.11. The lowest BCUT2D eigenvalue weighted by molar-refractivity contribution is 0.415. The molecule has 0 saturated carbocycles. The second kappa shape index (κ2) is 5.45. The van der Waals surface area contributed by atoms with Gasteiger partial charge in [-0.1, -0.05) is 18.2 Å². The number of benzene rings is 2. The fraction of sp³-hybridized carbons (Fsp3) is 0.200. The zero-order valence-corrected chi connectivity index (χ0v) is 10.6. The van der Waals surface area contributed by atoms with Crippen molar-refractivity contribution < 1.29 is 9.84 Å². The summed E-state index contributed by atoms with van der Waals surface area (Å²) in [6.45, 7) is 0.785. The summed E-state index contributed by atoms with van der Waals surface area (Å²) in [4.78, 5) is 2.13. The molecule has 0 aromatic heterocycles. The molecule has 0 aliphatic carbocycles. The molecule has 0 saturated heterocycles. The van der Waals surface area contributed by atoms with E-state index in [1.54, 1.807) is 19.2 Å². The van der Waals surface area contributed by atoms with Crippen molar-refractivity contribution in [1.82, 2.24) is 0 Å². The van der Waals surface area contributed by atoms with E-state index in [1.165, 1.54) is 0 Å². The average molecular weight is 243 g/mol. The number of hydrogen-bond donors (Lipinski definition) is 1. The largest absolute Gasteiger partial charge is 0.508 e. The molecule has 0 radical (unpaired) electrons.